The number of hydrogen-bond acceptors (Lipinski definition) is 3. The lowest BCUT2D eigenvalue weighted by molar-refractivity contribution is -0.157. The van der Waals surface area contributed by atoms with E-state index in [4.69, 9.17) is 0 Å². The van der Waals surface area contributed by atoms with Crippen LogP contribution in [-0.2, 0) is 16.0 Å². The fourth-order valence-corrected chi connectivity index (χ4v) is 2.13. The van der Waals surface area contributed by atoms with Crippen LogP contribution in [0, 0.1) is 5.41 Å². The van der Waals surface area contributed by atoms with Crippen LogP contribution in [0.25, 0.3) is 0 Å². The number of ether oxygens (including phenoxy) is 1. The van der Waals surface area contributed by atoms with E-state index in [2.05, 4.69) is 4.74 Å². The molecular formula is C12H10F2O3. The van der Waals surface area contributed by atoms with E-state index in [1.165, 1.54) is 6.07 Å². The van der Waals surface area contributed by atoms with Crippen molar-refractivity contribution in [2.75, 3.05) is 7.11 Å². The highest BCUT2D eigenvalue weighted by molar-refractivity contribution is 6.16. The van der Waals surface area contributed by atoms with E-state index in [9.17, 15) is 18.4 Å². The van der Waals surface area contributed by atoms with Crippen molar-refractivity contribution < 1.29 is 23.1 Å². The van der Waals surface area contributed by atoms with Crippen molar-refractivity contribution in [2.24, 2.45) is 5.41 Å². The first-order valence-corrected chi connectivity index (χ1v) is 5.03. The first-order chi connectivity index (χ1) is 8.04. The molecule has 0 heterocycles. The van der Waals surface area contributed by atoms with Gasteiger partial charge in [-0.2, -0.15) is 0 Å². The molecule has 3 nitrogen and oxygen atoms in total. The third-order valence-corrected chi connectivity index (χ3v) is 3.06. The topological polar surface area (TPSA) is 43.4 Å². The normalized spacial score (nSPS) is 22.7. The van der Waals surface area contributed by atoms with Crippen LogP contribution in [0.3, 0.4) is 0 Å². The van der Waals surface area contributed by atoms with Crippen molar-refractivity contribution in [2.45, 2.75) is 12.8 Å². The quantitative estimate of drug-likeness (QED) is 0.585. The van der Waals surface area contributed by atoms with Gasteiger partial charge in [-0.1, -0.05) is 24.3 Å². The van der Waals surface area contributed by atoms with Crippen LogP contribution in [0.15, 0.2) is 24.3 Å². The smallest absolute Gasteiger partial charge is 0.326 e. The summed E-state index contributed by atoms with van der Waals surface area (Å²) < 4.78 is 30.6. The second-order valence-electron chi connectivity index (χ2n) is 3.93. The van der Waals surface area contributed by atoms with Gasteiger partial charge in [-0.05, 0) is 5.56 Å². The third kappa shape index (κ3) is 1.45. The largest absolute Gasteiger partial charge is 0.468 e. The zero-order valence-corrected chi connectivity index (χ0v) is 9.07. The minimum absolute atomic E-state index is 0.179. The number of rotatable bonds is 2. The first kappa shape index (κ1) is 11.7. The summed E-state index contributed by atoms with van der Waals surface area (Å²) in [6, 6.07) is 6.24. The summed E-state index contributed by atoms with van der Waals surface area (Å²) >= 11 is 0. The van der Waals surface area contributed by atoms with Gasteiger partial charge < -0.3 is 4.74 Å². The van der Waals surface area contributed by atoms with E-state index in [0.717, 1.165) is 7.11 Å². The summed E-state index contributed by atoms with van der Waals surface area (Å²) in [4.78, 5) is 23.5. The van der Waals surface area contributed by atoms with Crippen molar-refractivity contribution in [1.29, 1.82) is 0 Å². The Balaban J connectivity index is 2.55. The molecule has 5 heteroatoms. The van der Waals surface area contributed by atoms with E-state index < -0.39 is 23.6 Å². The number of benzene rings is 1. The van der Waals surface area contributed by atoms with Gasteiger partial charge in [-0.25, -0.2) is 8.78 Å². The fourth-order valence-electron chi connectivity index (χ4n) is 2.13. The van der Waals surface area contributed by atoms with Crippen LogP contribution >= 0.6 is 0 Å². The number of fused-ring (bicyclic) bond motifs is 1. The fraction of sp³-hybridized carbons (Fsp3) is 0.333. The molecule has 0 aliphatic heterocycles. The Labute approximate surface area is 96.4 Å². The van der Waals surface area contributed by atoms with Crippen molar-refractivity contribution in [1.82, 2.24) is 0 Å². The number of ketones is 1. The van der Waals surface area contributed by atoms with Gasteiger partial charge in [0, 0.05) is 12.0 Å². The zero-order chi connectivity index (χ0) is 12.6. The highest BCUT2D eigenvalue weighted by Crippen LogP contribution is 2.42. The number of esters is 1. The van der Waals surface area contributed by atoms with Gasteiger partial charge in [0.05, 0.1) is 7.11 Å². The maximum Gasteiger partial charge on any atom is 0.326 e. The van der Waals surface area contributed by atoms with Crippen LogP contribution in [-0.4, -0.2) is 25.3 Å². The molecule has 1 aliphatic carbocycles. The lowest BCUT2D eigenvalue weighted by atomic mass is 9.84. The number of halogens is 2. The molecule has 1 aromatic rings. The van der Waals surface area contributed by atoms with Gasteiger partial charge in [0.15, 0.2) is 11.2 Å². The molecule has 90 valence electrons. The molecule has 0 radical (unpaired) electrons. The molecule has 0 aromatic heterocycles. The summed E-state index contributed by atoms with van der Waals surface area (Å²) in [5, 5.41) is 0. The average molecular weight is 240 g/mol. The van der Waals surface area contributed by atoms with E-state index in [1.54, 1.807) is 18.2 Å². The van der Waals surface area contributed by atoms with Gasteiger partial charge in [0.2, 0.25) is 0 Å². The Morgan fingerprint density at radius 1 is 1.41 bits per heavy atom. The van der Waals surface area contributed by atoms with Crippen LogP contribution in [0.4, 0.5) is 8.78 Å². The predicted molar refractivity (Wildman–Crippen MR) is 54.9 cm³/mol. The number of carbonyl (C=O) groups excluding carboxylic acids is 2. The average Bonchev–Trinajstić information content (AvgIpc) is 2.63. The van der Waals surface area contributed by atoms with Gasteiger partial charge in [0.1, 0.15) is 0 Å². The Bertz CT molecular complexity index is 484. The molecule has 0 saturated heterocycles. The monoisotopic (exact) mass is 240 g/mol. The van der Waals surface area contributed by atoms with Crippen LogP contribution < -0.4 is 0 Å². The molecule has 0 amide bonds. The van der Waals surface area contributed by atoms with Gasteiger partial charge in [0.25, 0.3) is 6.43 Å². The number of Topliss-reactive ketones (excluding diaryl/α,β-unsaturated/α-hetero) is 1. The second kappa shape index (κ2) is 3.91. The molecular weight excluding hydrogens is 230 g/mol. The Morgan fingerprint density at radius 3 is 2.59 bits per heavy atom. The highest BCUT2D eigenvalue weighted by atomic mass is 19.3. The molecule has 0 fully saturated rings. The van der Waals surface area contributed by atoms with Gasteiger partial charge >= 0.3 is 5.97 Å². The molecule has 0 spiro atoms. The van der Waals surface area contributed by atoms with E-state index in [0.29, 0.717) is 5.56 Å². The minimum Gasteiger partial charge on any atom is -0.468 e. The Kier molecular flexibility index (Phi) is 2.69. The molecule has 0 N–H and O–H groups in total. The van der Waals surface area contributed by atoms with E-state index >= 15 is 0 Å². The predicted octanol–water partition coefficient (Wildman–Crippen LogP) is 1.85. The second-order valence-corrected chi connectivity index (χ2v) is 3.93. The standard InChI is InChI=1S/C12H10F2O3/c1-17-11(16)12(10(13)14)6-7-4-2-3-5-8(7)9(12)15/h2-5,10H,6H2,1H3. The van der Waals surface area contributed by atoms with Crippen molar-refractivity contribution in [3.63, 3.8) is 0 Å². The molecule has 1 aliphatic rings. The lowest BCUT2D eigenvalue weighted by Gasteiger charge is -2.22. The van der Waals surface area contributed by atoms with Gasteiger partial charge in [-0.15, -0.1) is 0 Å². The first-order valence-electron chi connectivity index (χ1n) is 5.03. The molecule has 2 rings (SSSR count). The Hall–Kier alpha value is -1.78. The molecule has 1 aromatic carbocycles. The number of hydrogen-bond donors (Lipinski definition) is 0. The van der Waals surface area contributed by atoms with Crippen LogP contribution in [0.1, 0.15) is 15.9 Å². The van der Waals surface area contributed by atoms with Gasteiger partial charge in [-0.3, -0.25) is 9.59 Å². The molecule has 0 saturated carbocycles. The maximum atomic E-state index is 13.1. The molecule has 1 unspecified atom stereocenters. The summed E-state index contributed by atoms with van der Waals surface area (Å²) in [7, 11) is 1.00. The third-order valence-electron chi connectivity index (χ3n) is 3.06. The maximum absolute atomic E-state index is 13.1. The summed E-state index contributed by atoms with van der Waals surface area (Å²) in [5.41, 5.74) is -1.72. The van der Waals surface area contributed by atoms with Crippen molar-refractivity contribution in [3.8, 4) is 0 Å². The van der Waals surface area contributed by atoms with E-state index in [-0.39, 0.29) is 12.0 Å². The minimum atomic E-state index is -3.07. The number of carbonyl (C=O) groups is 2. The molecule has 17 heavy (non-hydrogen) atoms. The number of methoxy groups -OCH3 is 1. The van der Waals surface area contributed by atoms with Crippen molar-refractivity contribution >= 4 is 11.8 Å². The SMILES string of the molecule is COC(=O)C1(C(F)F)Cc2ccccc2C1=O. The summed E-state index contributed by atoms with van der Waals surface area (Å²) in [6.07, 6.45) is -3.37. The highest BCUT2D eigenvalue weighted by Gasteiger charge is 2.59. The van der Waals surface area contributed by atoms with Crippen LogP contribution in [0.5, 0.6) is 0 Å². The summed E-state index contributed by atoms with van der Waals surface area (Å²) in [5.74, 6) is -2.02. The zero-order valence-electron chi connectivity index (χ0n) is 9.07. The molecule has 0 bridgehead atoms. The van der Waals surface area contributed by atoms with Crippen molar-refractivity contribution in [3.05, 3.63) is 35.4 Å². The lowest BCUT2D eigenvalue weighted by Crippen LogP contribution is -2.44. The van der Waals surface area contributed by atoms with E-state index in [1.807, 2.05) is 0 Å². The summed E-state index contributed by atoms with van der Waals surface area (Å²) in [6.45, 7) is 0. The Morgan fingerprint density at radius 2 is 2.06 bits per heavy atom. The number of alkyl halides is 2. The molecule has 1 atom stereocenters. The van der Waals surface area contributed by atoms with Crippen LogP contribution in [0.2, 0.25) is 0 Å².